The van der Waals surface area contributed by atoms with Crippen LogP contribution in [0, 0.1) is 5.82 Å². The first-order chi connectivity index (χ1) is 8.29. The molecule has 1 aromatic heterocycles. The summed E-state index contributed by atoms with van der Waals surface area (Å²) in [6.45, 7) is 1.29. The van der Waals surface area contributed by atoms with Gasteiger partial charge in [0.15, 0.2) is 6.29 Å². The molecule has 1 aliphatic rings. The van der Waals surface area contributed by atoms with Crippen LogP contribution in [0.1, 0.15) is 21.7 Å². The molecule has 0 saturated heterocycles. The highest BCUT2D eigenvalue weighted by molar-refractivity contribution is 5.76. The van der Waals surface area contributed by atoms with Crippen molar-refractivity contribution in [2.75, 3.05) is 0 Å². The van der Waals surface area contributed by atoms with Crippen molar-refractivity contribution in [1.82, 2.24) is 15.1 Å². The summed E-state index contributed by atoms with van der Waals surface area (Å²) in [7, 11) is 0. The van der Waals surface area contributed by atoms with E-state index in [-0.39, 0.29) is 5.82 Å². The van der Waals surface area contributed by atoms with Crippen molar-refractivity contribution in [2.24, 2.45) is 0 Å². The van der Waals surface area contributed by atoms with Gasteiger partial charge in [0.2, 0.25) is 0 Å². The molecule has 1 aliphatic heterocycles. The number of aldehydes is 1. The molecule has 0 bridgehead atoms. The average Bonchev–Trinajstić information content (AvgIpc) is 2.88. The van der Waals surface area contributed by atoms with Gasteiger partial charge < -0.3 is 5.32 Å². The fourth-order valence-corrected chi connectivity index (χ4v) is 2.08. The molecule has 0 fully saturated rings. The summed E-state index contributed by atoms with van der Waals surface area (Å²) in [5.41, 5.74) is 2.83. The largest absolute Gasteiger partial charge is 0.307 e. The second kappa shape index (κ2) is 3.78. The van der Waals surface area contributed by atoms with E-state index in [1.165, 1.54) is 16.8 Å². The van der Waals surface area contributed by atoms with Crippen molar-refractivity contribution >= 4 is 6.29 Å². The highest BCUT2D eigenvalue weighted by Crippen LogP contribution is 2.21. The van der Waals surface area contributed by atoms with Crippen LogP contribution in [-0.4, -0.2) is 16.1 Å². The van der Waals surface area contributed by atoms with Gasteiger partial charge in [-0.25, -0.2) is 9.07 Å². The molecule has 0 unspecified atom stereocenters. The van der Waals surface area contributed by atoms with Crippen LogP contribution < -0.4 is 5.32 Å². The monoisotopic (exact) mass is 231 g/mol. The third-order valence-corrected chi connectivity index (χ3v) is 2.87. The maximum absolute atomic E-state index is 13.1. The molecule has 86 valence electrons. The van der Waals surface area contributed by atoms with Gasteiger partial charge in [0.05, 0.1) is 11.4 Å². The number of hydrogen-bond acceptors (Lipinski definition) is 3. The number of aromatic nitrogens is 2. The lowest BCUT2D eigenvalue weighted by Gasteiger charge is -2.04. The minimum absolute atomic E-state index is 0.340. The zero-order valence-electron chi connectivity index (χ0n) is 8.98. The molecule has 2 aromatic rings. The second-order valence-electron chi connectivity index (χ2n) is 3.92. The molecule has 0 spiro atoms. The summed E-state index contributed by atoms with van der Waals surface area (Å²) in [6.07, 6.45) is 0.768. The summed E-state index contributed by atoms with van der Waals surface area (Å²) >= 11 is 0. The number of nitrogens with zero attached hydrogens (tertiary/aromatic N) is 2. The van der Waals surface area contributed by atoms with Crippen LogP contribution >= 0.6 is 0 Å². The standard InChI is InChI=1S/C12H10FN3O/c13-8-2-1-3-9(4-8)16-12(7-17)10-5-14-6-11(10)15-16/h1-4,7,14H,5-6H2. The Morgan fingerprint density at radius 3 is 3.06 bits per heavy atom. The molecule has 0 aliphatic carbocycles. The minimum Gasteiger partial charge on any atom is -0.307 e. The van der Waals surface area contributed by atoms with Crippen LogP contribution in [-0.2, 0) is 13.1 Å². The quantitative estimate of drug-likeness (QED) is 0.795. The molecule has 0 atom stereocenters. The number of benzene rings is 1. The van der Waals surface area contributed by atoms with E-state index in [9.17, 15) is 9.18 Å². The van der Waals surface area contributed by atoms with Crippen molar-refractivity contribution < 1.29 is 9.18 Å². The lowest BCUT2D eigenvalue weighted by molar-refractivity contribution is 0.111. The highest BCUT2D eigenvalue weighted by atomic mass is 19.1. The fourth-order valence-electron chi connectivity index (χ4n) is 2.08. The molecule has 4 nitrogen and oxygen atoms in total. The Kier molecular flexibility index (Phi) is 2.26. The van der Waals surface area contributed by atoms with E-state index in [4.69, 9.17) is 0 Å². The summed E-state index contributed by atoms with van der Waals surface area (Å²) in [5.74, 6) is -0.340. The first-order valence-corrected chi connectivity index (χ1v) is 5.32. The van der Waals surface area contributed by atoms with Gasteiger partial charge >= 0.3 is 0 Å². The smallest absolute Gasteiger partial charge is 0.168 e. The number of nitrogens with one attached hydrogen (secondary N) is 1. The third kappa shape index (κ3) is 1.55. The molecule has 3 rings (SSSR count). The van der Waals surface area contributed by atoms with Gasteiger partial charge in [-0.3, -0.25) is 4.79 Å². The number of hydrogen-bond donors (Lipinski definition) is 1. The van der Waals surface area contributed by atoms with Gasteiger partial charge in [-0.05, 0) is 18.2 Å². The van der Waals surface area contributed by atoms with Gasteiger partial charge in [0.25, 0.3) is 0 Å². The molecule has 0 amide bonds. The van der Waals surface area contributed by atoms with Gasteiger partial charge in [-0.1, -0.05) is 6.07 Å². The zero-order valence-corrected chi connectivity index (χ0v) is 8.98. The third-order valence-electron chi connectivity index (χ3n) is 2.87. The van der Waals surface area contributed by atoms with Gasteiger partial charge in [-0.2, -0.15) is 5.10 Å². The Bertz CT molecular complexity index is 591. The maximum Gasteiger partial charge on any atom is 0.168 e. The maximum atomic E-state index is 13.1. The molecule has 17 heavy (non-hydrogen) atoms. The highest BCUT2D eigenvalue weighted by Gasteiger charge is 2.22. The topological polar surface area (TPSA) is 46.9 Å². The molecule has 1 aromatic carbocycles. The summed E-state index contributed by atoms with van der Waals surface area (Å²) in [5, 5.41) is 7.45. The Hall–Kier alpha value is -2.01. The van der Waals surface area contributed by atoms with E-state index in [0.717, 1.165) is 17.5 Å². The predicted molar refractivity (Wildman–Crippen MR) is 59.5 cm³/mol. The molecular formula is C12H10FN3O. The predicted octanol–water partition coefficient (Wildman–Crippen LogP) is 1.43. The average molecular weight is 231 g/mol. The number of rotatable bonds is 2. The van der Waals surface area contributed by atoms with Crippen LogP contribution in [0.25, 0.3) is 5.69 Å². The Morgan fingerprint density at radius 2 is 2.29 bits per heavy atom. The van der Waals surface area contributed by atoms with E-state index in [2.05, 4.69) is 10.4 Å². The summed E-state index contributed by atoms with van der Waals surface area (Å²) < 4.78 is 14.7. The van der Waals surface area contributed by atoms with Crippen LogP contribution in [0.4, 0.5) is 4.39 Å². The normalized spacial score (nSPS) is 13.7. The lowest BCUT2D eigenvalue weighted by Crippen LogP contribution is -2.09. The van der Waals surface area contributed by atoms with Gasteiger partial charge in [-0.15, -0.1) is 0 Å². The number of carbonyl (C=O) groups is 1. The van der Waals surface area contributed by atoms with Crippen molar-refractivity contribution in [2.45, 2.75) is 13.1 Å². The van der Waals surface area contributed by atoms with E-state index in [1.54, 1.807) is 12.1 Å². The fraction of sp³-hybridized carbons (Fsp3) is 0.167. The van der Waals surface area contributed by atoms with Crippen LogP contribution in [0.5, 0.6) is 0 Å². The van der Waals surface area contributed by atoms with Crippen molar-refractivity contribution in [3.63, 3.8) is 0 Å². The SMILES string of the molecule is O=Cc1c2c(nn1-c1cccc(F)c1)CNC2. The number of fused-ring (bicyclic) bond motifs is 1. The van der Waals surface area contributed by atoms with Crippen molar-refractivity contribution in [1.29, 1.82) is 0 Å². The van der Waals surface area contributed by atoms with Crippen molar-refractivity contribution in [3.8, 4) is 5.69 Å². The first-order valence-electron chi connectivity index (χ1n) is 5.32. The number of carbonyl (C=O) groups excluding carboxylic acids is 1. The first kappa shape index (κ1) is 10.2. The van der Waals surface area contributed by atoms with Gasteiger partial charge in [0, 0.05) is 18.7 Å². The molecule has 5 heteroatoms. The number of halogens is 1. The zero-order chi connectivity index (χ0) is 11.8. The summed E-state index contributed by atoms with van der Waals surface area (Å²) in [6, 6.07) is 6.06. The van der Waals surface area contributed by atoms with E-state index in [1.807, 2.05) is 0 Å². The second-order valence-corrected chi connectivity index (χ2v) is 3.92. The summed E-state index contributed by atoms with van der Waals surface area (Å²) in [4.78, 5) is 11.1. The Balaban J connectivity index is 2.18. The van der Waals surface area contributed by atoms with E-state index in [0.29, 0.717) is 24.5 Å². The van der Waals surface area contributed by atoms with Gasteiger partial charge in [0.1, 0.15) is 11.5 Å². The molecular weight excluding hydrogens is 221 g/mol. The van der Waals surface area contributed by atoms with Crippen LogP contribution in [0.15, 0.2) is 24.3 Å². The molecule has 2 heterocycles. The lowest BCUT2D eigenvalue weighted by atomic mass is 10.2. The van der Waals surface area contributed by atoms with Crippen LogP contribution in [0.3, 0.4) is 0 Å². The Morgan fingerprint density at radius 1 is 1.41 bits per heavy atom. The molecule has 0 saturated carbocycles. The molecule has 0 radical (unpaired) electrons. The van der Waals surface area contributed by atoms with E-state index >= 15 is 0 Å². The molecule has 1 N–H and O–H groups in total. The Labute approximate surface area is 97.1 Å². The van der Waals surface area contributed by atoms with Crippen LogP contribution in [0.2, 0.25) is 0 Å². The minimum atomic E-state index is -0.340. The van der Waals surface area contributed by atoms with E-state index < -0.39 is 0 Å². The van der Waals surface area contributed by atoms with Crippen molar-refractivity contribution in [3.05, 3.63) is 47.0 Å².